The Morgan fingerprint density at radius 3 is 1.60 bits per heavy atom. The van der Waals surface area contributed by atoms with Crippen molar-refractivity contribution < 1.29 is 19.1 Å². The van der Waals surface area contributed by atoms with Gasteiger partial charge in [-0.1, -0.05) is 51.7 Å². The van der Waals surface area contributed by atoms with Crippen LogP contribution < -0.4 is 0 Å². The predicted octanol–water partition coefficient (Wildman–Crippen LogP) is 3.32. The molecule has 0 saturated carbocycles. The van der Waals surface area contributed by atoms with Crippen LogP contribution in [0, 0.1) is 0 Å². The van der Waals surface area contributed by atoms with Crippen LogP contribution in [-0.4, -0.2) is 24.1 Å². The van der Waals surface area contributed by atoms with Crippen LogP contribution in [0.1, 0.15) is 52.4 Å². The van der Waals surface area contributed by atoms with Crippen molar-refractivity contribution >= 4 is 11.9 Å². The molecule has 4 heteroatoms. The van der Waals surface area contributed by atoms with Crippen LogP contribution in [-0.2, 0) is 19.1 Å². The molecule has 1 rings (SSSR count). The number of allylic oxidation sites excluding steroid dienone is 2. The van der Waals surface area contributed by atoms with Gasteiger partial charge in [0.1, 0.15) is 0 Å². The van der Waals surface area contributed by atoms with Gasteiger partial charge in [0.15, 0.2) is 0 Å². The van der Waals surface area contributed by atoms with Gasteiger partial charge in [-0.15, -0.1) is 0 Å². The Bertz CT molecular complexity index is 335. The first-order valence-electron chi connectivity index (χ1n) is 7.43. The molecule has 1 fully saturated rings. The number of carbonyl (C=O) groups excluding carboxylic acids is 2. The molecule has 1 aliphatic rings. The predicted molar refractivity (Wildman–Crippen MR) is 77.1 cm³/mol. The monoisotopic (exact) mass is 280 g/mol. The molecule has 0 aliphatic carbocycles. The maximum atomic E-state index is 11.7. The Morgan fingerprint density at radius 2 is 1.25 bits per heavy atom. The average molecular weight is 280 g/mol. The minimum atomic E-state index is -0.889. The third kappa shape index (κ3) is 5.59. The fourth-order valence-corrected chi connectivity index (χ4v) is 1.80. The van der Waals surface area contributed by atoms with E-state index in [2.05, 4.69) is 13.8 Å². The van der Waals surface area contributed by atoms with Gasteiger partial charge in [-0.3, -0.25) is 0 Å². The molecule has 0 amide bonds. The minimum absolute atomic E-state index is 0.498. The molecule has 112 valence electrons. The molecule has 20 heavy (non-hydrogen) atoms. The van der Waals surface area contributed by atoms with Gasteiger partial charge in [0.05, 0.1) is 0 Å². The van der Waals surface area contributed by atoms with Gasteiger partial charge in [-0.05, 0) is 25.0 Å². The molecule has 0 aromatic rings. The molecule has 2 atom stereocenters. The van der Waals surface area contributed by atoms with Crippen LogP contribution in [0.4, 0.5) is 0 Å². The van der Waals surface area contributed by atoms with E-state index in [1.54, 1.807) is 12.2 Å². The van der Waals surface area contributed by atoms with Gasteiger partial charge >= 0.3 is 11.9 Å². The standard InChI is InChI=1S/C16H24O4/c1-3-5-7-9-11-13-15(17)20-14(16(18)19-13)12-10-8-6-4-2/h9-14H,3-8H2,1-2H3. The SMILES string of the molecule is CCCCC=CC1OC(=O)C(C=CCCCC)OC1=O. The van der Waals surface area contributed by atoms with E-state index in [9.17, 15) is 9.59 Å². The van der Waals surface area contributed by atoms with E-state index in [0.29, 0.717) is 0 Å². The lowest BCUT2D eigenvalue weighted by atomic mass is 10.2. The summed E-state index contributed by atoms with van der Waals surface area (Å²) in [7, 11) is 0. The summed E-state index contributed by atoms with van der Waals surface area (Å²) in [6.07, 6.45) is 11.2. The maximum Gasteiger partial charge on any atom is 0.352 e. The lowest BCUT2D eigenvalue weighted by Gasteiger charge is -2.24. The fraction of sp³-hybridized carbons (Fsp3) is 0.625. The number of esters is 2. The Kier molecular flexibility index (Phi) is 7.70. The summed E-state index contributed by atoms with van der Waals surface area (Å²) < 4.78 is 10.2. The lowest BCUT2D eigenvalue weighted by molar-refractivity contribution is -0.187. The molecule has 0 aromatic carbocycles. The summed E-state index contributed by atoms with van der Waals surface area (Å²) in [6, 6.07) is 0. The topological polar surface area (TPSA) is 52.6 Å². The second kappa shape index (κ2) is 9.34. The molecule has 2 unspecified atom stereocenters. The van der Waals surface area contributed by atoms with E-state index in [-0.39, 0.29) is 0 Å². The number of ether oxygens (including phenoxy) is 2. The maximum absolute atomic E-state index is 11.7. The van der Waals surface area contributed by atoms with Crippen LogP contribution in [0.5, 0.6) is 0 Å². The third-order valence-corrected chi connectivity index (χ3v) is 3.02. The van der Waals surface area contributed by atoms with Gasteiger partial charge in [0.25, 0.3) is 0 Å². The van der Waals surface area contributed by atoms with Crippen LogP contribution in [0.3, 0.4) is 0 Å². The summed E-state index contributed by atoms with van der Waals surface area (Å²) >= 11 is 0. The van der Waals surface area contributed by atoms with E-state index < -0.39 is 24.1 Å². The lowest BCUT2D eigenvalue weighted by Crippen LogP contribution is -2.42. The number of cyclic esters (lactones) is 2. The van der Waals surface area contributed by atoms with Crippen molar-refractivity contribution in [1.82, 2.24) is 0 Å². The van der Waals surface area contributed by atoms with E-state index in [4.69, 9.17) is 9.47 Å². The van der Waals surface area contributed by atoms with Gasteiger partial charge in [-0.25, -0.2) is 9.59 Å². The molecule has 4 nitrogen and oxygen atoms in total. The highest BCUT2D eigenvalue weighted by Crippen LogP contribution is 2.14. The zero-order valence-electron chi connectivity index (χ0n) is 12.3. The molecular weight excluding hydrogens is 256 g/mol. The van der Waals surface area contributed by atoms with Crippen molar-refractivity contribution in [2.24, 2.45) is 0 Å². The third-order valence-electron chi connectivity index (χ3n) is 3.02. The minimum Gasteiger partial charge on any atom is -0.443 e. The highest BCUT2D eigenvalue weighted by atomic mass is 16.6. The fourth-order valence-electron chi connectivity index (χ4n) is 1.80. The van der Waals surface area contributed by atoms with Gasteiger partial charge in [0.2, 0.25) is 12.2 Å². The molecule has 0 aromatic heterocycles. The molecule has 0 N–H and O–H groups in total. The first-order chi connectivity index (χ1) is 9.69. The van der Waals surface area contributed by atoms with E-state index >= 15 is 0 Å². The second-order valence-electron chi connectivity index (χ2n) is 4.86. The van der Waals surface area contributed by atoms with Crippen molar-refractivity contribution in [3.63, 3.8) is 0 Å². The van der Waals surface area contributed by atoms with Crippen molar-refractivity contribution in [3.8, 4) is 0 Å². The molecular formula is C16H24O4. The molecule has 1 saturated heterocycles. The number of hydrogen-bond acceptors (Lipinski definition) is 4. The van der Waals surface area contributed by atoms with Crippen LogP contribution in [0.15, 0.2) is 24.3 Å². The first kappa shape index (κ1) is 16.5. The van der Waals surface area contributed by atoms with Crippen LogP contribution >= 0.6 is 0 Å². The van der Waals surface area contributed by atoms with Crippen molar-refractivity contribution in [2.75, 3.05) is 0 Å². The zero-order chi connectivity index (χ0) is 14.8. The molecule has 1 heterocycles. The Balaban J connectivity index is 2.45. The van der Waals surface area contributed by atoms with Crippen molar-refractivity contribution in [3.05, 3.63) is 24.3 Å². The Labute approximate surface area is 120 Å². The van der Waals surface area contributed by atoms with E-state index in [1.807, 2.05) is 12.2 Å². The first-order valence-corrected chi connectivity index (χ1v) is 7.43. The molecule has 0 spiro atoms. The Hall–Kier alpha value is -1.58. The highest BCUT2D eigenvalue weighted by Gasteiger charge is 2.35. The highest BCUT2D eigenvalue weighted by molar-refractivity contribution is 5.89. The zero-order valence-corrected chi connectivity index (χ0v) is 12.3. The second-order valence-corrected chi connectivity index (χ2v) is 4.86. The summed E-state index contributed by atoms with van der Waals surface area (Å²) in [5.74, 6) is -0.995. The normalized spacial score (nSPS) is 23.3. The number of hydrogen-bond donors (Lipinski definition) is 0. The van der Waals surface area contributed by atoms with E-state index in [1.165, 1.54) is 0 Å². The van der Waals surface area contributed by atoms with Gasteiger partial charge in [-0.2, -0.15) is 0 Å². The van der Waals surface area contributed by atoms with E-state index in [0.717, 1.165) is 38.5 Å². The summed E-state index contributed by atoms with van der Waals surface area (Å²) in [5.41, 5.74) is 0. The largest absolute Gasteiger partial charge is 0.443 e. The summed E-state index contributed by atoms with van der Waals surface area (Å²) in [4.78, 5) is 23.4. The quantitative estimate of drug-likeness (QED) is 0.389. The number of carbonyl (C=O) groups is 2. The van der Waals surface area contributed by atoms with Crippen LogP contribution in [0.2, 0.25) is 0 Å². The Morgan fingerprint density at radius 1 is 0.850 bits per heavy atom. The molecule has 1 aliphatic heterocycles. The smallest absolute Gasteiger partial charge is 0.352 e. The number of unbranched alkanes of at least 4 members (excludes halogenated alkanes) is 4. The number of rotatable bonds is 8. The summed E-state index contributed by atoms with van der Waals surface area (Å²) in [6.45, 7) is 4.19. The average Bonchev–Trinajstić information content (AvgIpc) is 2.44. The van der Waals surface area contributed by atoms with Gasteiger partial charge in [0, 0.05) is 0 Å². The van der Waals surface area contributed by atoms with Gasteiger partial charge < -0.3 is 9.47 Å². The van der Waals surface area contributed by atoms with Crippen molar-refractivity contribution in [2.45, 2.75) is 64.6 Å². The summed E-state index contributed by atoms with van der Waals surface area (Å²) in [5, 5.41) is 0. The molecule has 0 radical (unpaired) electrons. The molecule has 0 bridgehead atoms. The van der Waals surface area contributed by atoms with Crippen LogP contribution in [0.25, 0.3) is 0 Å². The van der Waals surface area contributed by atoms with Crippen molar-refractivity contribution in [1.29, 1.82) is 0 Å².